The number of anilines is 1. The van der Waals surface area contributed by atoms with Gasteiger partial charge in [-0.2, -0.15) is 10.00 Å². The summed E-state index contributed by atoms with van der Waals surface area (Å²) in [5.41, 5.74) is 3.80. The molecule has 240 valence electrons. The summed E-state index contributed by atoms with van der Waals surface area (Å²) in [6.07, 6.45) is 5.09. The molecular formula is C35H45N5O5. The number of pyridine rings is 1. The Morgan fingerprint density at radius 1 is 0.956 bits per heavy atom. The summed E-state index contributed by atoms with van der Waals surface area (Å²) in [7, 11) is 0. The van der Waals surface area contributed by atoms with Crippen molar-refractivity contribution >= 4 is 28.9 Å². The van der Waals surface area contributed by atoms with Gasteiger partial charge in [-0.1, -0.05) is 42.4 Å². The number of rotatable bonds is 8. The van der Waals surface area contributed by atoms with E-state index < -0.39 is 23.4 Å². The molecule has 3 aromatic heterocycles. The largest absolute Gasteiger partial charge is 0.443 e. The van der Waals surface area contributed by atoms with Crippen LogP contribution < -0.4 is 4.90 Å². The number of carbonyl (C=O) groups excluding carboxylic acids is 2. The van der Waals surface area contributed by atoms with Crippen molar-refractivity contribution in [3.05, 3.63) is 59.1 Å². The zero-order valence-electron chi connectivity index (χ0n) is 27.6. The van der Waals surface area contributed by atoms with E-state index in [0.717, 1.165) is 89.2 Å². The van der Waals surface area contributed by atoms with E-state index in [9.17, 15) is 9.59 Å². The number of hydrogen-bond acceptors (Lipinski definition) is 8. The van der Waals surface area contributed by atoms with E-state index in [1.807, 2.05) is 41.1 Å². The van der Waals surface area contributed by atoms with E-state index in [1.165, 1.54) is 0 Å². The molecule has 10 heteroatoms. The molecule has 0 saturated heterocycles. The van der Waals surface area contributed by atoms with Crippen LogP contribution in [-0.4, -0.2) is 43.3 Å². The van der Waals surface area contributed by atoms with E-state index >= 15 is 0 Å². The van der Waals surface area contributed by atoms with Crippen LogP contribution in [0.1, 0.15) is 96.9 Å². The first-order valence-corrected chi connectivity index (χ1v) is 16.0. The standard InChI is InChI=1S/C35H45N5O5/c1-8-21-39-28(20-14-17-24-22-27(38-45-24)23-15-10-9-11-16-23)29-25-18-12-13-19-26(25)36-31(30(29)37-39)40(32(41)43-34(2,3)4)33(42)44-35(5,6)7/h9-11,15-16,22H,8,12-14,17-21H2,1-7H3. The van der Waals surface area contributed by atoms with Crippen molar-refractivity contribution < 1.29 is 23.6 Å². The van der Waals surface area contributed by atoms with Crippen LogP contribution in [0.5, 0.6) is 0 Å². The minimum Gasteiger partial charge on any atom is -0.443 e. The number of carbonyl (C=O) groups is 2. The number of benzene rings is 1. The Balaban J connectivity index is 1.56. The molecule has 0 aliphatic heterocycles. The van der Waals surface area contributed by atoms with Crippen LogP contribution in [0.3, 0.4) is 0 Å². The van der Waals surface area contributed by atoms with E-state index in [2.05, 4.69) is 12.1 Å². The average Bonchev–Trinajstić information content (AvgIpc) is 3.57. The number of hydrogen-bond donors (Lipinski definition) is 0. The predicted octanol–water partition coefficient (Wildman–Crippen LogP) is 8.23. The van der Waals surface area contributed by atoms with E-state index in [4.69, 9.17) is 24.1 Å². The first kappa shape index (κ1) is 32.2. The van der Waals surface area contributed by atoms with Gasteiger partial charge in [0.2, 0.25) is 0 Å². The Labute approximate surface area is 265 Å². The smallest absolute Gasteiger partial charge is 0.425 e. The summed E-state index contributed by atoms with van der Waals surface area (Å²) in [6, 6.07) is 12.0. The normalized spacial score (nSPS) is 13.5. The number of fused-ring (bicyclic) bond motifs is 3. The van der Waals surface area contributed by atoms with E-state index in [-0.39, 0.29) is 5.82 Å². The zero-order chi connectivity index (χ0) is 32.4. The van der Waals surface area contributed by atoms with Gasteiger partial charge in [-0.05, 0) is 92.1 Å². The van der Waals surface area contributed by atoms with Gasteiger partial charge < -0.3 is 14.0 Å². The molecule has 0 atom stereocenters. The molecule has 0 unspecified atom stereocenters. The third-order valence-electron chi connectivity index (χ3n) is 7.52. The molecule has 0 spiro atoms. The number of imide groups is 1. The summed E-state index contributed by atoms with van der Waals surface area (Å²) < 4.78 is 19.1. The highest BCUT2D eigenvalue weighted by Gasteiger charge is 2.37. The highest BCUT2D eigenvalue weighted by molar-refractivity contribution is 6.13. The predicted molar refractivity (Wildman–Crippen MR) is 173 cm³/mol. The molecule has 0 saturated carbocycles. The average molecular weight is 616 g/mol. The van der Waals surface area contributed by atoms with Crippen LogP contribution in [0.4, 0.5) is 15.4 Å². The first-order chi connectivity index (χ1) is 21.3. The number of aryl methyl sites for hydroxylation is 5. The number of aromatic nitrogens is 4. The highest BCUT2D eigenvalue weighted by atomic mass is 16.6. The van der Waals surface area contributed by atoms with Crippen molar-refractivity contribution in [1.29, 1.82) is 0 Å². The molecule has 5 rings (SSSR count). The number of ether oxygens (including phenoxy) is 2. The third-order valence-corrected chi connectivity index (χ3v) is 7.52. The summed E-state index contributed by atoms with van der Waals surface area (Å²) >= 11 is 0. The molecule has 2 amide bonds. The monoisotopic (exact) mass is 615 g/mol. The SMILES string of the molecule is CCCn1nc2c(N(C(=O)OC(C)(C)C)C(=O)OC(C)(C)C)nc3c(c2c1CCCc1cc(-c2ccccc2)no1)CCCC3. The van der Waals surface area contributed by atoms with Gasteiger partial charge in [-0.15, -0.1) is 0 Å². The van der Waals surface area contributed by atoms with Crippen molar-refractivity contribution in [2.45, 2.75) is 118 Å². The van der Waals surface area contributed by atoms with Gasteiger partial charge in [-0.25, -0.2) is 14.6 Å². The van der Waals surface area contributed by atoms with Crippen LogP contribution in [0.2, 0.25) is 0 Å². The highest BCUT2D eigenvalue weighted by Crippen LogP contribution is 2.37. The van der Waals surface area contributed by atoms with Gasteiger partial charge in [0.25, 0.3) is 0 Å². The number of nitrogens with zero attached hydrogens (tertiary/aromatic N) is 5. The maximum absolute atomic E-state index is 13.7. The fourth-order valence-corrected chi connectivity index (χ4v) is 5.71. The Hall–Kier alpha value is -4.21. The van der Waals surface area contributed by atoms with Crippen molar-refractivity contribution in [3.63, 3.8) is 0 Å². The molecule has 1 aromatic carbocycles. The van der Waals surface area contributed by atoms with Crippen LogP contribution in [0.15, 0.2) is 40.9 Å². The second-order valence-corrected chi connectivity index (χ2v) is 13.7. The summed E-state index contributed by atoms with van der Waals surface area (Å²) in [6.45, 7) is 13.4. The van der Waals surface area contributed by atoms with Gasteiger partial charge >= 0.3 is 12.2 Å². The minimum atomic E-state index is -0.840. The second-order valence-electron chi connectivity index (χ2n) is 13.7. The Bertz CT molecular complexity index is 1630. The molecule has 0 radical (unpaired) electrons. The lowest BCUT2D eigenvalue weighted by atomic mass is 9.91. The van der Waals surface area contributed by atoms with Crippen molar-refractivity contribution in [3.8, 4) is 11.3 Å². The summed E-state index contributed by atoms with van der Waals surface area (Å²) in [5.74, 6) is 0.984. The van der Waals surface area contributed by atoms with Crippen LogP contribution in [0.25, 0.3) is 22.2 Å². The molecule has 0 fully saturated rings. The Morgan fingerprint density at radius 2 is 1.62 bits per heavy atom. The van der Waals surface area contributed by atoms with Crippen LogP contribution in [-0.2, 0) is 41.7 Å². The topological polar surface area (TPSA) is 113 Å². The lowest BCUT2D eigenvalue weighted by Crippen LogP contribution is -2.44. The molecule has 10 nitrogen and oxygen atoms in total. The van der Waals surface area contributed by atoms with Gasteiger partial charge in [0.1, 0.15) is 28.2 Å². The molecule has 1 aliphatic rings. The van der Waals surface area contributed by atoms with Crippen molar-refractivity contribution in [2.24, 2.45) is 0 Å². The maximum Gasteiger partial charge on any atom is 0.425 e. The lowest BCUT2D eigenvalue weighted by Gasteiger charge is -2.29. The maximum atomic E-state index is 13.7. The molecule has 3 heterocycles. The first-order valence-electron chi connectivity index (χ1n) is 16.0. The summed E-state index contributed by atoms with van der Waals surface area (Å²) in [4.78, 5) is 33.2. The van der Waals surface area contributed by atoms with Gasteiger partial charge in [0, 0.05) is 41.4 Å². The molecule has 4 aromatic rings. The molecular weight excluding hydrogens is 570 g/mol. The third kappa shape index (κ3) is 7.54. The Morgan fingerprint density at radius 3 is 2.27 bits per heavy atom. The van der Waals surface area contributed by atoms with Crippen LogP contribution in [0, 0.1) is 0 Å². The lowest BCUT2D eigenvalue weighted by molar-refractivity contribution is 0.0429. The quantitative estimate of drug-likeness (QED) is 0.195. The van der Waals surface area contributed by atoms with Crippen LogP contribution >= 0.6 is 0 Å². The van der Waals surface area contributed by atoms with Crippen molar-refractivity contribution in [2.75, 3.05) is 4.90 Å². The fraction of sp³-hybridized carbons (Fsp3) is 0.514. The fourth-order valence-electron chi connectivity index (χ4n) is 5.71. The van der Waals surface area contributed by atoms with Crippen molar-refractivity contribution in [1.82, 2.24) is 19.9 Å². The number of amides is 2. The molecule has 0 N–H and O–H groups in total. The van der Waals surface area contributed by atoms with Gasteiger partial charge in [0.15, 0.2) is 5.82 Å². The van der Waals surface area contributed by atoms with E-state index in [1.54, 1.807) is 41.5 Å². The van der Waals surface area contributed by atoms with Gasteiger partial charge in [0.05, 0.1) is 0 Å². The molecule has 1 aliphatic carbocycles. The molecule has 45 heavy (non-hydrogen) atoms. The van der Waals surface area contributed by atoms with Gasteiger partial charge in [-0.3, -0.25) is 4.68 Å². The Kier molecular flexibility index (Phi) is 9.32. The minimum absolute atomic E-state index is 0.160. The second kappa shape index (κ2) is 13.0. The van der Waals surface area contributed by atoms with E-state index in [0.29, 0.717) is 18.5 Å². The molecule has 0 bridgehead atoms. The summed E-state index contributed by atoms with van der Waals surface area (Å²) in [5, 5.41) is 10.3. The zero-order valence-corrected chi connectivity index (χ0v) is 27.6.